The van der Waals surface area contributed by atoms with Crippen molar-refractivity contribution in [3.8, 4) is 0 Å². The van der Waals surface area contributed by atoms with Gasteiger partial charge in [0.1, 0.15) is 0 Å². The lowest BCUT2D eigenvalue weighted by Gasteiger charge is -2.28. The van der Waals surface area contributed by atoms with Gasteiger partial charge in [0, 0.05) is 6.04 Å². The Bertz CT molecular complexity index is 337. The Kier molecular flexibility index (Phi) is 3.97. The molecule has 1 saturated carbocycles. The minimum Gasteiger partial charge on any atom is -0.372 e. The number of hydrogen-bond acceptors (Lipinski definition) is 2. The number of rotatable bonds is 3. The Balaban J connectivity index is 1.86. The molecule has 2 nitrogen and oxygen atoms in total. The molecular weight excluding hydrogens is 198 g/mol. The normalized spacial score (nSPS) is 25.6. The molecule has 0 spiro atoms. The van der Waals surface area contributed by atoms with Crippen molar-refractivity contribution in [1.29, 1.82) is 0 Å². The van der Waals surface area contributed by atoms with Crippen molar-refractivity contribution in [1.82, 2.24) is 0 Å². The van der Waals surface area contributed by atoms with Crippen LogP contribution in [0.1, 0.15) is 36.8 Å². The molecule has 1 aliphatic carbocycles. The molecule has 2 atom stereocenters. The highest BCUT2D eigenvalue weighted by molar-refractivity contribution is 5.21. The molecule has 0 aromatic heterocycles. The minimum absolute atomic E-state index is 0.235. The van der Waals surface area contributed by atoms with E-state index in [1.54, 1.807) is 0 Å². The summed E-state index contributed by atoms with van der Waals surface area (Å²) in [6.07, 6.45) is 5.00. The number of nitrogens with two attached hydrogens (primary N) is 1. The van der Waals surface area contributed by atoms with Crippen LogP contribution in [0.2, 0.25) is 0 Å². The fourth-order valence-electron chi connectivity index (χ4n) is 2.34. The summed E-state index contributed by atoms with van der Waals surface area (Å²) in [6.45, 7) is 2.80. The van der Waals surface area contributed by atoms with Gasteiger partial charge in [-0.2, -0.15) is 0 Å². The van der Waals surface area contributed by atoms with Gasteiger partial charge in [0.25, 0.3) is 0 Å². The molecule has 0 aliphatic heterocycles. The van der Waals surface area contributed by atoms with Crippen LogP contribution in [0.4, 0.5) is 0 Å². The van der Waals surface area contributed by atoms with Gasteiger partial charge in [-0.25, -0.2) is 0 Å². The molecule has 2 unspecified atom stereocenters. The topological polar surface area (TPSA) is 35.2 Å². The van der Waals surface area contributed by atoms with Crippen LogP contribution in [0.5, 0.6) is 0 Å². The van der Waals surface area contributed by atoms with E-state index in [0.717, 1.165) is 12.8 Å². The zero-order chi connectivity index (χ0) is 11.4. The molecule has 0 saturated heterocycles. The third kappa shape index (κ3) is 3.06. The van der Waals surface area contributed by atoms with Crippen LogP contribution in [-0.2, 0) is 11.3 Å². The average Bonchev–Trinajstić information content (AvgIpc) is 2.28. The molecule has 0 heterocycles. The van der Waals surface area contributed by atoms with E-state index in [0.29, 0.717) is 6.61 Å². The third-order valence-electron chi connectivity index (χ3n) is 3.30. The van der Waals surface area contributed by atoms with E-state index in [1.807, 2.05) is 0 Å². The van der Waals surface area contributed by atoms with Crippen LogP contribution in [-0.4, -0.2) is 12.1 Å². The van der Waals surface area contributed by atoms with E-state index in [4.69, 9.17) is 10.5 Å². The van der Waals surface area contributed by atoms with E-state index >= 15 is 0 Å². The zero-order valence-electron chi connectivity index (χ0n) is 9.99. The lowest BCUT2D eigenvalue weighted by atomic mass is 9.93. The SMILES string of the molecule is Cc1cccc(COC2CCCCC2N)c1. The van der Waals surface area contributed by atoms with Gasteiger partial charge in [-0.05, 0) is 25.3 Å². The second-order valence-electron chi connectivity index (χ2n) is 4.79. The number of benzene rings is 1. The van der Waals surface area contributed by atoms with Crippen molar-refractivity contribution in [3.05, 3.63) is 35.4 Å². The van der Waals surface area contributed by atoms with E-state index < -0.39 is 0 Å². The number of ether oxygens (including phenoxy) is 1. The van der Waals surface area contributed by atoms with Gasteiger partial charge in [-0.15, -0.1) is 0 Å². The maximum atomic E-state index is 6.05. The Hall–Kier alpha value is -0.860. The second kappa shape index (κ2) is 5.46. The fourth-order valence-corrected chi connectivity index (χ4v) is 2.34. The smallest absolute Gasteiger partial charge is 0.0730 e. The van der Waals surface area contributed by atoms with Gasteiger partial charge in [-0.1, -0.05) is 42.7 Å². The van der Waals surface area contributed by atoms with Crippen LogP contribution >= 0.6 is 0 Å². The molecule has 88 valence electrons. The molecular formula is C14H21NO. The number of hydrogen-bond donors (Lipinski definition) is 1. The van der Waals surface area contributed by atoms with Crippen molar-refractivity contribution in [2.45, 2.75) is 51.4 Å². The lowest BCUT2D eigenvalue weighted by molar-refractivity contribution is 0.00403. The first kappa shape index (κ1) is 11.6. The molecule has 1 aliphatic rings. The Morgan fingerprint density at radius 1 is 1.31 bits per heavy atom. The predicted octanol–water partition coefficient (Wildman–Crippen LogP) is 2.78. The lowest BCUT2D eigenvalue weighted by Crippen LogP contribution is -2.39. The maximum absolute atomic E-state index is 6.05. The number of aryl methyl sites for hydroxylation is 1. The maximum Gasteiger partial charge on any atom is 0.0730 e. The van der Waals surface area contributed by atoms with Crippen LogP contribution in [0.25, 0.3) is 0 Å². The van der Waals surface area contributed by atoms with E-state index in [1.165, 1.54) is 24.0 Å². The van der Waals surface area contributed by atoms with Gasteiger partial charge in [0.05, 0.1) is 12.7 Å². The van der Waals surface area contributed by atoms with Gasteiger partial charge < -0.3 is 10.5 Å². The van der Waals surface area contributed by atoms with Gasteiger partial charge in [0.2, 0.25) is 0 Å². The molecule has 2 heteroatoms. The van der Waals surface area contributed by atoms with Gasteiger partial charge >= 0.3 is 0 Å². The highest BCUT2D eigenvalue weighted by Gasteiger charge is 2.22. The van der Waals surface area contributed by atoms with Crippen LogP contribution < -0.4 is 5.73 Å². The summed E-state index contributed by atoms with van der Waals surface area (Å²) in [6, 6.07) is 8.71. The standard InChI is InChI=1S/C14H21NO/c1-11-5-4-6-12(9-11)10-16-14-8-3-2-7-13(14)15/h4-6,9,13-14H,2-3,7-8,10,15H2,1H3. The van der Waals surface area contributed by atoms with E-state index in [2.05, 4.69) is 31.2 Å². The Labute approximate surface area is 97.8 Å². The third-order valence-corrected chi connectivity index (χ3v) is 3.30. The highest BCUT2D eigenvalue weighted by atomic mass is 16.5. The first-order chi connectivity index (χ1) is 7.75. The van der Waals surface area contributed by atoms with Crippen molar-refractivity contribution in [3.63, 3.8) is 0 Å². The zero-order valence-corrected chi connectivity index (χ0v) is 9.99. The van der Waals surface area contributed by atoms with E-state index in [9.17, 15) is 0 Å². The van der Waals surface area contributed by atoms with Crippen molar-refractivity contribution >= 4 is 0 Å². The molecule has 0 radical (unpaired) electrons. The summed E-state index contributed by atoms with van der Waals surface area (Å²) >= 11 is 0. The first-order valence-corrected chi connectivity index (χ1v) is 6.18. The quantitative estimate of drug-likeness (QED) is 0.848. The molecule has 16 heavy (non-hydrogen) atoms. The van der Waals surface area contributed by atoms with Gasteiger partial charge in [-0.3, -0.25) is 0 Å². The minimum atomic E-state index is 0.235. The summed E-state index contributed by atoms with van der Waals surface area (Å²) in [7, 11) is 0. The summed E-state index contributed by atoms with van der Waals surface area (Å²) in [4.78, 5) is 0. The second-order valence-corrected chi connectivity index (χ2v) is 4.79. The largest absolute Gasteiger partial charge is 0.372 e. The van der Waals surface area contributed by atoms with Crippen LogP contribution in [0.3, 0.4) is 0 Å². The first-order valence-electron chi connectivity index (χ1n) is 6.18. The average molecular weight is 219 g/mol. The molecule has 1 aromatic carbocycles. The molecule has 1 fully saturated rings. The Morgan fingerprint density at radius 3 is 2.88 bits per heavy atom. The summed E-state index contributed by atoms with van der Waals surface area (Å²) < 4.78 is 5.91. The van der Waals surface area contributed by atoms with Crippen LogP contribution in [0, 0.1) is 6.92 Å². The Morgan fingerprint density at radius 2 is 2.12 bits per heavy atom. The van der Waals surface area contributed by atoms with Crippen LogP contribution in [0.15, 0.2) is 24.3 Å². The predicted molar refractivity (Wildman–Crippen MR) is 66.2 cm³/mol. The molecule has 0 bridgehead atoms. The summed E-state index contributed by atoms with van der Waals surface area (Å²) in [5.41, 5.74) is 8.58. The van der Waals surface area contributed by atoms with Gasteiger partial charge in [0.15, 0.2) is 0 Å². The monoisotopic (exact) mass is 219 g/mol. The van der Waals surface area contributed by atoms with E-state index in [-0.39, 0.29) is 12.1 Å². The summed E-state index contributed by atoms with van der Waals surface area (Å²) in [5.74, 6) is 0. The molecule has 2 N–H and O–H groups in total. The highest BCUT2D eigenvalue weighted by Crippen LogP contribution is 2.20. The molecule has 1 aromatic rings. The molecule has 0 amide bonds. The van der Waals surface area contributed by atoms with Crippen molar-refractivity contribution < 1.29 is 4.74 Å². The van der Waals surface area contributed by atoms with Crippen molar-refractivity contribution in [2.24, 2.45) is 5.73 Å². The fraction of sp³-hybridized carbons (Fsp3) is 0.571. The van der Waals surface area contributed by atoms with Crippen molar-refractivity contribution in [2.75, 3.05) is 0 Å². The summed E-state index contributed by atoms with van der Waals surface area (Å²) in [5, 5.41) is 0. The molecule has 2 rings (SSSR count).